The van der Waals surface area contributed by atoms with Gasteiger partial charge < -0.3 is 30.6 Å². The van der Waals surface area contributed by atoms with E-state index in [2.05, 4.69) is 0 Å². The van der Waals surface area contributed by atoms with Crippen molar-refractivity contribution < 1.29 is 35.4 Å². The first kappa shape index (κ1) is 20.6. The Morgan fingerprint density at radius 1 is 1.15 bits per heavy atom. The molecule has 3 rings (SSSR count). The summed E-state index contributed by atoms with van der Waals surface area (Å²) < 4.78 is 0. The molecule has 27 heavy (non-hydrogen) atoms. The monoisotopic (exact) mass is 382 g/mol. The van der Waals surface area contributed by atoms with Gasteiger partial charge in [0.2, 0.25) is 0 Å². The first-order valence-corrected chi connectivity index (χ1v) is 9.25. The van der Waals surface area contributed by atoms with Gasteiger partial charge in [-0.3, -0.25) is 4.79 Å². The molecule has 1 fully saturated rings. The van der Waals surface area contributed by atoms with Crippen LogP contribution in [0.4, 0.5) is 0 Å². The largest absolute Gasteiger partial charge is 0.392 e. The summed E-state index contributed by atoms with van der Waals surface area (Å²) >= 11 is 0. The third-order valence-electron chi connectivity index (χ3n) is 7.79. The number of hydrogen-bond donors (Lipinski definition) is 6. The summed E-state index contributed by atoms with van der Waals surface area (Å²) in [7, 11) is 0. The number of hydrogen-bond acceptors (Lipinski definition) is 7. The van der Waals surface area contributed by atoms with Crippen LogP contribution in [0.1, 0.15) is 41.0 Å². The lowest BCUT2D eigenvalue weighted by Gasteiger charge is -2.64. The minimum absolute atomic E-state index is 0.100. The van der Waals surface area contributed by atoms with E-state index in [4.69, 9.17) is 0 Å². The number of carbonyl (C=O) groups is 1. The van der Waals surface area contributed by atoms with Crippen LogP contribution < -0.4 is 0 Å². The van der Waals surface area contributed by atoms with Gasteiger partial charge in [-0.25, -0.2) is 0 Å². The van der Waals surface area contributed by atoms with Gasteiger partial charge in [-0.05, 0) is 31.1 Å². The van der Waals surface area contributed by atoms with Crippen LogP contribution in [0.3, 0.4) is 0 Å². The average Bonchev–Trinajstić information content (AvgIpc) is 2.71. The van der Waals surface area contributed by atoms with Crippen molar-refractivity contribution >= 4 is 5.78 Å². The zero-order valence-corrected chi connectivity index (χ0v) is 16.4. The highest BCUT2D eigenvalue weighted by molar-refractivity contribution is 6.06. The minimum atomic E-state index is -2.40. The summed E-state index contributed by atoms with van der Waals surface area (Å²) in [5.74, 6) is -2.78. The zero-order chi connectivity index (χ0) is 20.8. The van der Waals surface area contributed by atoms with Crippen LogP contribution in [0.2, 0.25) is 0 Å². The van der Waals surface area contributed by atoms with Gasteiger partial charge in [0.1, 0.15) is 11.2 Å². The summed E-state index contributed by atoms with van der Waals surface area (Å²) in [6.45, 7) is 7.19. The Hall–Kier alpha value is -1.09. The van der Waals surface area contributed by atoms with Crippen LogP contribution in [-0.4, -0.2) is 71.5 Å². The average molecular weight is 382 g/mol. The lowest BCUT2D eigenvalue weighted by Crippen LogP contribution is -2.79. The molecule has 3 aliphatic rings. The van der Waals surface area contributed by atoms with Crippen molar-refractivity contribution in [2.75, 3.05) is 6.61 Å². The maximum atomic E-state index is 12.8. The highest BCUT2D eigenvalue weighted by atomic mass is 16.4. The molecule has 0 unspecified atom stereocenters. The quantitative estimate of drug-likeness (QED) is 0.334. The van der Waals surface area contributed by atoms with E-state index in [1.807, 2.05) is 0 Å². The molecule has 6 N–H and O–H groups in total. The molecule has 3 aliphatic carbocycles. The maximum Gasteiger partial charge on any atom is 0.193 e. The summed E-state index contributed by atoms with van der Waals surface area (Å²) in [5.41, 5.74) is -9.36. The standard InChI is InChI=1S/C20H30O7/c1-10-7-19(26)18(25,14(10)22)8-12(9-21)6-13-16(3,4)17(5,24)15(23)11(2)20(13,19)27/h6-7,11,13,15,21,23-27H,8-9H2,1-5H3/t11-,13+,15-,17-,18+,19+,20-/m1/s1. The van der Waals surface area contributed by atoms with Crippen molar-refractivity contribution in [2.45, 2.75) is 69.5 Å². The van der Waals surface area contributed by atoms with Crippen molar-refractivity contribution in [3.63, 3.8) is 0 Å². The molecule has 0 aromatic rings. The molecular formula is C20H30O7. The van der Waals surface area contributed by atoms with E-state index in [1.54, 1.807) is 13.8 Å². The summed E-state index contributed by atoms with van der Waals surface area (Å²) in [6, 6.07) is 0. The summed E-state index contributed by atoms with van der Waals surface area (Å²) in [4.78, 5) is 12.8. The number of aliphatic hydroxyl groups excluding tert-OH is 2. The highest BCUT2D eigenvalue weighted by Crippen LogP contribution is 2.63. The molecule has 0 aliphatic heterocycles. The van der Waals surface area contributed by atoms with Crippen LogP contribution in [0, 0.1) is 17.3 Å². The molecule has 0 spiro atoms. The van der Waals surface area contributed by atoms with E-state index in [0.717, 1.165) is 6.08 Å². The Kier molecular flexibility index (Phi) is 4.20. The molecule has 152 valence electrons. The lowest BCUT2D eigenvalue weighted by atomic mass is 9.46. The number of fused-ring (bicyclic) bond motifs is 3. The second-order valence-corrected chi connectivity index (χ2v) is 9.35. The molecule has 0 aromatic carbocycles. The van der Waals surface area contributed by atoms with E-state index in [-0.39, 0.29) is 17.6 Å². The second-order valence-electron chi connectivity index (χ2n) is 9.35. The van der Waals surface area contributed by atoms with Crippen LogP contribution in [0.15, 0.2) is 23.3 Å². The molecular weight excluding hydrogens is 352 g/mol. The number of carbonyl (C=O) groups excluding carboxylic acids is 1. The van der Waals surface area contributed by atoms with Gasteiger partial charge in [-0.2, -0.15) is 0 Å². The summed E-state index contributed by atoms with van der Waals surface area (Å²) in [6.07, 6.45) is 0.902. The molecule has 1 saturated carbocycles. The number of Topliss-reactive ketones (excluding diaryl/α,β-unsaturated/α-hetero) is 1. The third kappa shape index (κ3) is 2.05. The minimum Gasteiger partial charge on any atom is -0.392 e. The zero-order valence-electron chi connectivity index (χ0n) is 16.4. The van der Waals surface area contributed by atoms with E-state index in [0.29, 0.717) is 0 Å². The first-order chi connectivity index (χ1) is 12.1. The van der Waals surface area contributed by atoms with Gasteiger partial charge in [-0.15, -0.1) is 0 Å². The van der Waals surface area contributed by atoms with E-state index in [9.17, 15) is 35.4 Å². The normalized spacial score (nSPS) is 51.8. The predicted molar refractivity (Wildman–Crippen MR) is 96.5 cm³/mol. The number of rotatable bonds is 1. The predicted octanol–water partition coefficient (Wildman–Crippen LogP) is -0.565. The van der Waals surface area contributed by atoms with Crippen molar-refractivity contribution in [1.82, 2.24) is 0 Å². The second kappa shape index (κ2) is 5.49. The topological polar surface area (TPSA) is 138 Å². The van der Waals surface area contributed by atoms with Crippen LogP contribution in [0.5, 0.6) is 0 Å². The Morgan fingerprint density at radius 3 is 2.22 bits per heavy atom. The Labute approximate surface area is 158 Å². The molecule has 0 heterocycles. The highest BCUT2D eigenvalue weighted by Gasteiger charge is 2.77. The fraction of sp³-hybridized carbons (Fsp3) is 0.750. The molecule has 0 saturated heterocycles. The van der Waals surface area contributed by atoms with E-state index < -0.39 is 58.1 Å². The van der Waals surface area contributed by atoms with Gasteiger partial charge in [0.25, 0.3) is 0 Å². The van der Waals surface area contributed by atoms with Crippen LogP contribution >= 0.6 is 0 Å². The molecule has 7 heteroatoms. The Balaban J connectivity index is 2.39. The smallest absolute Gasteiger partial charge is 0.193 e. The molecule has 0 radical (unpaired) electrons. The lowest BCUT2D eigenvalue weighted by molar-refractivity contribution is -0.316. The van der Waals surface area contributed by atoms with Crippen molar-refractivity contribution in [3.05, 3.63) is 23.3 Å². The molecule has 0 aromatic heterocycles. The first-order valence-electron chi connectivity index (χ1n) is 9.25. The van der Waals surface area contributed by atoms with Gasteiger partial charge in [0, 0.05) is 23.7 Å². The molecule has 0 bridgehead atoms. The third-order valence-corrected chi connectivity index (χ3v) is 7.79. The van der Waals surface area contributed by atoms with Crippen molar-refractivity contribution in [1.29, 1.82) is 0 Å². The van der Waals surface area contributed by atoms with Gasteiger partial charge >= 0.3 is 0 Å². The van der Waals surface area contributed by atoms with E-state index >= 15 is 0 Å². The van der Waals surface area contributed by atoms with Crippen LogP contribution in [-0.2, 0) is 4.79 Å². The Bertz CT molecular complexity index is 751. The number of ketones is 1. The SMILES string of the molecule is CC1=C[C@@]2(O)[C@@]3(O)[C@H](C)[C@@H](O)[C@@](C)(O)C(C)(C)[C@@H]3C=C(CO)C[C@]2(O)C1=O. The van der Waals surface area contributed by atoms with Crippen molar-refractivity contribution in [2.24, 2.45) is 17.3 Å². The molecule has 7 atom stereocenters. The van der Waals surface area contributed by atoms with Crippen LogP contribution in [0.25, 0.3) is 0 Å². The fourth-order valence-electron chi connectivity index (χ4n) is 5.57. The molecule has 7 nitrogen and oxygen atoms in total. The molecule has 0 amide bonds. The summed E-state index contributed by atoms with van der Waals surface area (Å²) in [5, 5.41) is 66.5. The fourth-order valence-corrected chi connectivity index (χ4v) is 5.57. The van der Waals surface area contributed by atoms with E-state index in [1.165, 1.54) is 26.8 Å². The van der Waals surface area contributed by atoms with Gasteiger partial charge in [-0.1, -0.05) is 26.8 Å². The maximum absolute atomic E-state index is 12.8. The Morgan fingerprint density at radius 2 is 1.70 bits per heavy atom. The number of aliphatic hydroxyl groups is 6. The van der Waals surface area contributed by atoms with Gasteiger partial charge in [0.15, 0.2) is 11.4 Å². The van der Waals surface area contributed by atoms with Crippen molar-refractivity contribution in [3.8, 4) is 0 Å². The van der Waals surface area contributed by atoms with Gasteiger partial charge in [0.05, 0.1) is 18.3 Å².